The Morgan fingerprint density at radius 1 is 1.36 bits per heavy atom. The first-order valence-corrected chi connectivity index (χ1v) is 8.48. The second kappa shape index (κ2) is 8.12. The molecule has 0 atom stereocenters. The number of benzene rings is 1. The minimum atomic E-state index is -0.298. The van der Waals surface area contributed by atoms with Crippen LogP contribution in [-0.2, 0) is 11.3 Å². The third-order valence-electron chi connectivity index (χ3n) is 3.59. The van der Waals surface area contributed by atoms with Gasteiger partial charge in [-0.05, 0) is 38.0 Å². The summed E-state index contributed by atoms with van der Waals surface area (Å²) >= 11 is 6.35. The molecule has 0 fully saturated rings. The van der Waals surface area contributed by atoms with Crippen LogP contribution < -0.4 is 5.32 Å². The van der Waals surface area contributed by atoms with Crippen LogP contribution in [0.3, 0.4) is 0 Å². The number of hydrogen-bond acceptors (Lipinski definition) is 3. The maximum absolute atomic E-state index is 12.1. The molecule has 6 heteroatoms. The van der Waals surface area contributed by atoms with E-state index >= 15 is 0 Å². The van der Waals surface area contributed by atoms with Crippen molar-refractivity contribution in [2.24, 2.45) is 5.92 Å². The Morgan fingerprint density at radius 2 is 2.08 bits per heavy atom. The van der Waals surface area contributed by atoms with E-state index in [9.17, 15) is 9.59 Å². The first-order chi connectivity index (χ1) is 11.8. The Balaban J connectivity index is 2.12. The largest absolute Gasteiger partial charge is 0.322 e. The monoisotopic (exact) mass is 359 g/mol. The quantitative estimate of drug-likeness (QED) is 0.615. The lowest BCUT2D eigenvalue weighted by molar-refractivity contribution is -0.111. The van der Waals surface area contributed by atoms with E-state index in [-0.39, 0.29) is 11.7 Å². The van der Waals surface area contributed by atoms with Gasteiger partial charge < -0.3 is 5.32 Å². The number of hydrogen-bond donors (Lipinski definition) is 1. The minimum absolute atomic E-state index is 0.0494. The molecule has 0 saturated heterocycles. The van der Waals surface area contributed by atoms with E-state index in [1.807, 2.05) is 6.92 Å². The van der Waals surface area contributed by atoms with Crippen molar-refractivity contribution in [3.63, 3.8) is 0 Å². The molecule has 0 bridgehead atoms. The van der Waals surface area contributed by atoms with Crippen molar-refractivity contribution in [1.29, 1.82) is 0 Å². The minimum Gasteiger partial charge on any atom is -0.322 e. The molecule has 5 nitrogen and oxygen atoms in total. The Hall–Kier alpha value is -2.40. The maximum atomic E-state index is 12.1. The highest BCUT2D eigenvalue weighted by Gasteiger charge is 2.12. The van der Waals surface area contributed by atoms with Crippen LogP contribution in [0.25, 0.3) is 6.08 Å². The fourth-order valence-electron chi connectivity index (χ4n) is 2.38. The maximum Gasteiger partial charge on any atom is 0.248 e. The van der Waals surface area contributed by atoms with Crippen LogP contribution in [0.2, 0.25) is 5.15 Å². The van der Waals surface area contributed by atoms with E-state index in [0.717, 1.165) is 17.8 Å². The molecule has 0 aliphatic heterocycles. The topological polar surface area (TPSA) is 64.0 Å². The Kier molecular flexibility index (Phi) is 6.15. The summed E-state index contributed by atoms with van der Waals surface area (Å²) in [5.74, 6) is 0.0740. The lowest BCUT2D eigenvalue weighted by Crippen LogP contribution is -2.08. The van der Waals surface area contributed by atoms with Crippen LogP contribution >= 0.6 is 11.6 Å². The molecule has 1 amide bonds. The highest BCUT2D eigenvalue weighted by molar-refractivity contribution is 6.31. The van der Waals surface area contributed by atoms with Crippen molar-refractivity contribution in [3.05, 3.63) is 52.3 Å². The number of Topliss-reactive ketones (excluding diaryl/α,β-unsaturated/α-hetero) is 1. The zero-order chi connectivity index (χ0) is 18.6. The molecule has 2 rings (SSSR count). The van der Waals surface area contributed by atoms with E-state index in [1.165, 1.54) is 13.0 Å². The van der Waals surface area contributed by atoms with Gasteiger partial charge in [-0.2, -0.15) is 5.10 Å². The summed E-state index contributed by atoms with van der Waals surface area (Å²) in [6.07, 6.45) is 3.07. The second-order valence-electron chi connectivity index (χ2n) is 6.33. The molecule has 0 aliphatic carbocycles. The third kappa shape index (κ3) is 5.03. The van der Waals surface area contributed by atoms with Crippen LogP contribution in [0.15, 0.2) is 30.3 Å². The smallest absolute Gasteiger partial charge is 0.248 e. The molecule has 2 aromatic rings. The molecule has 0 aliphatic rings. The van der Waals surface area contributed by atoms with Crippen LogP contribution in [0.5, 0.6) is 0 Å². The Bertz CT molecular complexity index is 822. The molecular weight excluding hydrogens is 338 g/mol. The van der Waals surface area contributed by atoms with Gasteiger partial charge in [0.1, 0.15) is 5.15 Å². The van der Waals surface area contributed by atoms with Crippen molar-refractivity contribution in [1.82, 2.24) is 9.78 Å². The number of aryl methyl sites for hydroxylation is 1. The number of carbonyl (C=O) groups excluding carboxylic acids is 2. The summed E-state index contributed by atoms with van der Waals surface area (Å²) in [7, 11) is 0. The molecule has 25 heavy (non-hydrogen) atoms. The zero-order valence-corrected chi connectivity index (χ0v) is 15.6. The average Bonchev–Trinajstić information content (AvgIpc) is 2.79. The van der Waals surface area contributed by atoms with Crippen molar-refractivity contribution in [2.45, 2.75) is 34.2 Å². The predicted octanol–water partition coefficient (Wildman–Crippen LogP) is 4.36. The Morgan fingerprint density at radius 3 is 2.72 bits per heavy atom. The molecule has 132 valence electrons. The lowest BCUT2D eigenvalue weighted by atomic mass is 10.1. The number of anilines is 1. The number of nitrogens with zero attached hydrogens (tertiary/aromatic N) is 2. The summed E-state index contributed by atoms with van der Waals surface area (Å²) in [5.41, 5.74) is 2.62. The van der Waals surface area contributed by atoms with Gasteiger partial charge in [0.25, 0.3) is 0 Å². The Labute approximate surface area is 152 Å². The number of amides is 1. The van der Waals surface area contributed by atoms with Gasteiger partial charge in [0.2, 0.25) is 5.91 Å². The molecule has 1 aromatic heterocycles. The number of carbonyl (C=O) groups is 2. The van der Waals surface area contributed by atoms with Crippen molar-refractivity contribution < 1.29 is 9.59 Å². The van der Waals surface area contributed by atoms with Gasteiger partial charge in [-0.25, -0.2) is 0 Å². The number of nitrogens with one attached hydrogen (secondary N) is 1. The SMILES string of the molecule is CC(=O)c1cccc(NC(=O)/C=C/c2c(C)nn(CC(C)C)c2Cl)c1. The highest BCUT2D eigenvalue weighted by Crippen LogP contribution is 2.22. The fourth-order valence-corrected chi connectivity index (χ4v) is 2.69. The van der Waals surface area contributed by atoms with E-state index in [0.29, 0.717) is 22.3 Å². The summed E-state index contributed by atoms with van der Waals surface area (Å²) in [5, 5.41) is 7.67. The predicted molar refractivity (Wildman–Crippen MR) is 101 cm³/mol. The molecule has 1 heterocycles. The van der Waals surface area contributed by atoms with Gasteiger partial charge in [0.05, 0.1) is 5.69 Å². The van der Waals surface area contributed by atoms with Gasteiger partial charge in [0, 0.05) is 29.4 Å². The van der Waals surface area contributed by atoms with Gasteiger partial charge in [-0.15, -0.1) is 0 Å². The van der Waals surface area contributed by atoms with Crippen LogP contribution in [0.1, 0.15) is 42.4 Å². The number of aromatic nitrogens is 2. The molecule has 0 saturated carbocycles. The van der Waals surface area contributed by atoms with Crippen molar-refractivity contribution in [2.75, 3.05) is 5.32 Å². The highest BCUT2D eigenvalue weighted by atomic mass is 35.5. The van der Waals surface area contributed by atoms with E-state index in [1.54, 1.807) is 35.0 Å². The molecule has 0 spiro atoms. The normalized spacial score (nSPS) is 11.3. The number of rotatable bonds is 6. The first kappa shape index (κ1) is 18.9. The van der Waals surface area contributed by atoms with Crippen molar-refractivity contribution >= 4 is 35.1 Å². The van der Waals surface area contributed by atoms with Gasteiger partial charge in [-0.1, -0.05) is 37.6 Å². The second-order valence-corrected chi connectivity index (χ2v) is 6.68. The van der Waals surface area contributed by atoms with Crippen molar-refractivity contribution in [3.8, 4) is 0 Å². The van der Waals surface area contributed by atoms with Crippen LogP contribution in [0, 0.1) is 12.8 Å². The standard InChI is InChI=1S/C19H22ClN3O2/c1-12(2)11-23-19(20)17(13(3)22-23)8-9-18(25)21-16-7-5-6-15(10-16)14(4)24/h5-10,12H,11H2,1-4H3,(H,21,25)/b9-8+. The first-order valence-electron chi connectivity index (χ1n) is 8.11. The van der Waals surface area contributed by atoms with E-state index in [4.69, 9.17) is 11.6 Å². The summed E-state index contributed by atoms with van der Waals surface area (Å²) < 4.78 is 1.75. The molecule has 1 aromatic carbocycles. The number of ketones is 1. The molecule has 1 N–H and O–H groups in total. The molecular formula is C19H22ClN3O2. The fraction of sp³-hybridized carbons (Fsp3) is 0.316. The van der Waals surface area contributed by atoms with Gasteiger partial charge in [0.15, 0.2) is 5.78 Å². The van der Waals surface area contributed by atoms with Gasteiger partial charge in [-0.3, -0.25) is 14.3 Å². The third-order valence-corrected chi connectivity index (χ3v) is 3.98. The average molecular weight is 360 g/mol. The summed E-state index contributed by atoms with van der Waals surface area (Å²) in [6, 6.07) is 6.82. The van der Waals surface area contributed by atoms with Crippen LogP contribution in [-0.4, -0.2) is 21.5 Å². The molecule has 0 radical (unpaired) electrons. The van der Waals surface area contributed by atoms with E-state index < -0.39 is 0 Å². The summed E-state index contributed by atoms with van der Waals surface area (Å²) in [4.78, 5) is 23.5. The lowest BCUT2D eigenvalue weighted by Gasteiger charge is -2.05. The van der Waals surface area contributed by atoms with Crippen LogP contribution in [0.4, 0.5) is 5.69 Å². The summed E-state index contributed by atoms with van der Waals surface area (Å²) in [6.45, 7) is 8.24. The molecule has 0 unspecified atom stereocenters. The number of halogens is 1. The zero-order valence-electron chi connectivity index (χ0n) is 14.8. The van der Waals surface area contributed by atoms with Gasteiger partial charge >= 0.3 is 0 Å². The van der Waals surface area contributed by atoms with E-state index in [2.05, 4.69) is 24.3 Å².